The molecule has 6 nitrogen and oxygen atoms in total. The third-order valence-corrected chi connectivity index (χ3v) is 6.70. The van der Waals surface area contributed by atoms with Crippen LogP contribution in [0.15, 0.2) is 78.4 Å². The molecule has 0 bridgehead atoms. The standard InChI is InChI=1S/C23H23N3O3S/c1-2-13-25-30(28,29)19-9-7-18(8-10-19)23(27)26-14-11-17(12-15-26)21-16-24-22-6-4-3-5-20(21)22/h2-11,16,24-25H,1,12-15H2. The number of carbonyl (C=O) groups excluding carboxylic acids is 1. The topological polar surface area (TPSA) is 82.3 Å². The van der Waals surface area contributed by atoms with Crippen LogP contribution in [0.5, 0.6) is 0 Å². The van der Waals surface area contributed by atoms with Crippen molar-refractivity contribution < 1.29 is 13.2 Å². The van der Waals surface area contributed by atoms with E-state index in [1.54, 1.807) is 17.0 Å². The van der Waals surface area contributed by atoms with Gasteiger partial charge in [0.2, 0.25) is 10.0 Å². The maximum Gasteiger partial charge on any atom is 0.254 e. The minimum absolute atomic E-state index is 0.104. The number of sulfonamides is 1. The number of nitrogens with one attached hydrogen (secondary N) is 2. The van der Waals surface area contributed by atoms with Gasteiger partial charge in [-0.05, 0) is 42.3 Å². The predicted octanol–water partition coefficient (Wildman–Crippen LogP) is 3.56. The molecule has 0 spiro atoms. The first-order chi connectivity index (χ1) is 14.5. The average molecular weight is 422 g/mol. The van der Waals surface area contributed by atoms with Crippen LogP contribution in [0.25, 0.3) is 16.5 Å². The van der Waals surface area contributed by atoms with Crippen LogP contribution in [-0.2, 0) is 10.0 Å². The van der Waals surface area contributed by atoms with E-state index in [4.69, 9.17) is 0 Å². The summed E-state index contributed by atoms with van der Waals surface area (Å²) < 4.78 is 26.7. The number of benzene rings is 2. The quantitative estimate of drug-likeness (QED) is 0.597. The summed E-state index contributed by atoms with van der Waals surface area (Å²) in [5.41, 5.74) is 3.98. The third kappa shape index (κ3) is 3.94. The minimum Gasteiger partial charge on any atom is -0.361 e. The molecule has 1 aliphatic heterocycles. The van der Waals surface area contributed by atoms with Crippen molar-refractivity contribution in [2.75, 3.05) is 19.6 Å². The Morgan fingerprint density at radius 1 is 1.17 bits per heavy atom. The molecule has 0 saturated heterocycles. The van der Waals surface area contributed by atoms with Gasteiger partial charge in [0.15, 0.2) is 0 Å². The number of carbonyl (C=O) groups is 1. The van der Waals surface area contributed by atoms with Crippen molar-refractivity contribution in [2.24, 2.45) is 0 Å². The van der Waals surface area contributed by atoms with Crippen molar-refractivity contribution in [1.82, 2.24) is 14.6 Å². The molecule has 154 valence electrons. The molecule has 0 saturated carbocycles. The monoisotopic (exact) mass is 421 g/mol. The Kier molecular flexibility index (Phi) is 5.57. The number of rotatable bonds is 6. The average Bonchev–Trinajstić information content (AvgIpc) is 3.22. The van der Waals surface area contributed by atoms with Gasteiger partial charge >= 0.3 is 0 Å². The second-order valence-corrected chi connectivity index (χ2v) is 8.91. The number of hydrogen-bond donors (Lipinski definition) is 2. The van der Waals surface area contributed by atoms with E-state index in [0.717, 1.165) is 11.9 Å². The lowest BCUT2D eigenvalue weighted by atomic mass is 9.98. The van der Waals surface area contributed by atoms with Crippen LogP contribution in [0.2, 0.25) is 0 Å². The Bertz CT molecular complexity index is 1220. The van der Waals surface area contributed by atoms with Crippen LogP contribution in [0.1, 0.15) is 22.3 Å². The number of aromatic amines is 1. The normalized spacial score (nSPS) is 14.5. The molecule has 2 aromatic carbocycles. The number of para-hydroxylation sites is 1. The van der Waals surface area contributed by atoms with Gasteiger partial charge in [-0.3, -0.25) is 4.79 Å². The van der Waals surface area contributed by atoms with Crippen molar-refractivity contribution >= 4 is 32.4 Å². The summed E-state index contributed by atoms with van der Waals surface area (Å²) in [6.07, 6.45) is 6.36. The molecule has 0 radical (unpaired) electrons. The lowest BCUT2D eigenvalue weighted by Gasteiger charge is -2.26. The van der Waals surface area contributed by atoms with Gasteiger partial charge in [-0.2, -0.15) is 0 Å². The lowest BCUT2D eigenvalue weighted by Crippen LogP contribution is -2.34. The van der Waals surface area contributed by atoms with E-state index in [1.165, 1.54) is 34.7 Å². The van der Waals surface area contributed by atoms with E-state index in [1.807, 2.05) is 18.3 Å². The highest BCUT2D eigenvalue weighted by Crippen LogP contribution is 2.29. The van der Waals surface area contributed by atoms with Crippen LogP contribution < -0.4 is 4.72 Å². The lowest BCUT2D eigenvalue weighted by molar-refractivity contribution is 0.0773. The predicted molar refractivity (Wildman–Crippen MR) is 119 cm³/mol. The van der Waals surface area contributed by atoms with Gasteiger partial charge in [0.25, 0.3) is 5.91 Å². The molecule has 30 heavy (non-hydrogen) atoms. The van der Waals surface area contributed by atoms with Crippen LogP contribution in [0.3, 0.4) is 0 Å². The number of H-pyrrole nitrogens is 1. The van der Waals surface area contributed by atoms with Crippen LogP contribution in [0.4, 0.5) is 0 Å². The number of fused-ring (bicyclic) bond motifs is 1. The fourth-order valence-corrected chi connectivity index (χ4v) is 4.64. The summed E-state index contributed by atoms with van der Waals surface area (Å²) in [5, 5.41) is 1.19. The van der Waals surface area contributed by atoms with Crippen molar-refractivity contribution in [1.29, 1.82) is 0 Å². The van der Waals surface area contributed by atoms with Crippen molar-refractivity contribution in [2.45, 2.75) is 11.3 Å². The Balaban J connectivity index is 1.47. The largest absolute Gasteiger partial charge is 0.361 e. The first-order valence-corrected chi connectivity index (χ1v) is 11.2. The maximum absolute atomic E-state index is 12.9. The molecule has 0 aliphatic carbocycles. The third-order valence-electron chi connectivity index (χ3n) is 5.26. The molecule has 1 amide bonds. The zero-order valence-corrected chi connectivity index (χ0v) is 17.3. The first-order valence-electron chi connectivity index (χ1n) is 9.75. The van der Waals surface area contributed by atoms with Crippen LogP contribution >= 0.6 is 0 Å². The Morgan fingerprint density at radius 2 is 1.93 bits per heavy atom. The molecule has 4 rings (SSSR count). The van der Waals surface area contributed by atoms with Crippen LogP contribution in [-0.4, -0.2) is 43.8 Å². The SMILES string of the molecule is C=CCNS(=O)(=O)c1ccc(C(=O)N2CC=C(c3c[nH]c4ccccc34)CC2)cc1. The van der Waals surface area contributed by atoms with Gasteiger partial charge in [0.05, 0.1) is 4.90 Å². The van der Waals surface area contributed by atoms with E-state index in [0.29, 0.717) is 18.7 Å². The van der Waals surface area contributed by atoms with Gasteiger partial charge < -0.3 is 9.88 Å². The fraction of sp³-hybridized carbons (Fsp3) is 0.174. The molecule has 1 aromatic heterocycles. The summed E-state index contributed by atoms with van der Waals surface area (Å²) in [4.78, 5) is 18.0. The zero-order chi connectivity index (χ0) is 21.1. The zero-order valence-electron chi connectivity index (χ0n) is 16.5. The van der Waals surface area contributed by atoms with Gasteiger partial charge in [-0.15, -0.1) is 6.58 Å². The first kappa shape index (κ1) is 20.1. The highest BCUT2D eigenvalue weighted by molar-refractivity contribution is 7.89. The summed E-state index contributed by atoms with van der Waals surface area (Å²) in [6.45, 7) is 4.79. The Morgan fingerprint density at radius 3 is 2.63 bits per heavy atom. The molecule has 2 heterocycles. The molecule has 3 aromatic rings. The number of nitrogens with zero attached hydrogens (tertiary/aromatic N) is 1. The molecule has 2 N–H and O–H groups in total. The summed E-state index contributed by atoms with van der Waals surface area (Å²) >= 11 is 0. The van der Waals surface area contributed by atoms with Crippen molar-refractivity contribution in [3.63, 3.8) is 0 Å². The van der Waals surface area contributed by atoms with E-state index in [2.05, 4.69) is 34.5 Å². The van der Waals surface area contributed by atoms with E-state index in [9.17, 15) is 13.2 Å². The Hall–Kier alpha value is -3.16. The second-order valence-electron chi connectivity index (χ2n) is 7.14. The summed E-state index contributed by atoms with van der Waals surface area (Å²) in [5.74, 6) is -0.104. The smallest absolute Gasteiger partial charge is 0.254 e. The van der Waals surface area contributed by atoms with E-state index in [-0.39, 0.29) is 17.3 Å². The van der Waals surface area contributed by atoms with Crippen molar-refractivity contribution in [3.05, 3.63) is 84.6 Å². The molecule has 7 heteroatoms. The minimum atomic E-state index is -3.60. The van der Waals surface area contributed by atoms with Gasteiger partial charge in [-0.25, -0.2) is 13.1 Å². The summed E-state index contributed by atoms with van der Waals surface area (Å²) in [6, 6.07) is 14.2. The molecule has 0 unspecified atom stereocenters. The number of aromatic nitrogens is 1. The van der Waals surface area contributed by atoms with Gasteiger partial charge in [-0.1, -0.05) is 30.4 Å². The van der Waals surface area contributed by atoms with Gasteiger partial charge in [0, 0.05) is 47.9 Å². The van der Waals surface area contributed by atoms with Crippen LogP contribution in [0, 0.1) is 0 Å². The number of hydrogen-bond acceptors (Lipinski definition) is 3. The van der Waals surface area contributed by atoms with Crippen molar-refractivity contribution in [3.8, 4) is 0 Å². The molecule has 1 aliphatic rings. The highest BCUT2D eigenvalue weighted by Gasteiger charge is 2.21. The maximum atomic E-state index is 12.9. The van der Waals surface area contributed by atoms with Gasteiger partial charge in [0.1, 0.15) is 0 Å². The van der Waals surface area contributed by atoms with E-state index < -0.39 is 10.0 Å². The highest BCUT2D eigenvalue weighted by atomic mass is 32.2. The molecular weight excluding hydrogens is 398 g/mol. The summed E-state index contributed by atoms with van der Waals surface area (Å²) in [7, 11) is -3.60. The fourth-order valence-electron chi connectivity index (χ4n) is 3.65. The molecule has 0 atom stereocenters. The molecular formula is C23H23N3O3S. The molecule has 0 fully saturated rings. The second kappa shape index (κ2) is 8.30. The Labute approximate surface area is 176 Å². The number of amides is 1. The van der Waals surface area contributed by atoms with E-state index >= 15 is 0 Å².